The van der Waals surface area contributed by atoms with E-state index < -0.39 is 11.7 Å². The Balaban J connectivity index is 1.90. The molecular weight excluding hydrogens is 411 g/mol. The van der Waals surface area contributed by atoms with Gasteiger partial charge in [-0.25, -0.2) is 4.39 Å². The van der Waals surface area contributed by atoms with Crippen LogP contribution in [0.5, 0.6) is 11.5 Å². The van der Waals surface area contributed by atoms with Crippen LogP contribution >= 0.6 is 0 Å². The lowest BCUT2D eigenvalue weighted by Gasteiger charge is -2.19. The molecule has 0 saturated heterocycles. The Morgan fingerprint density at radius 3 is 2.75 bits per heavy atom. The minimum atomic E-state index is -0.476. The number of nitrogens with one attached hydrogen (secondary N) is 2. The number of H-pyrrole nitrogens is 1. The molecule has 1 atom stereocenters. The SMILES string of the molecule is CC[C@H](C(=O)Nc1cc(F)c(-c2cn[nH]c2)cc1OCCN(C)C)c1cccc(OC)c1. The van der Waals surface area contributed by atoms with E-state index in [0.29, 0.717) is 47.9 Å². The zero-order valence-corrected chi connectivity index (χ0v) is 18.8. The minimum Gasteiger partial charge on any atom is -0.497 e. The normalized spacial score (nSPS) is 11.9. The molecule has 3 rings (SSSR count). The first kappa shape index (κ1) is 23.3. The lowest BCUT2D eigenvalue weighted by molar-refractivity contribution is -0.117. The molecule has 7 nitrogen and oxygen atoms in total. The van der Waals surface area contributed by atoms with E-state index in [2.05, 4.69) is 15.5 Å². The van der Waals surface area contributed by atoms with E-state index in [0.717, 1.165) is 5.56 Å². The average molecular weight is 441 g/mol. The molecule has 0 unspecified atom stereocenters. The number of anilines is 1. The fraction of sp³-hybridized carbons (Fsp3) is 0.333. The van der Waals surface area contributed by atoms with Crippen molar-refractivity contribution in [3.05, 3.63) is 60.2 Å². The molecule has 170 valence electrons. The molecule has 0 radical (unpaired) electrons. The van der Waals surface area contributed by atoms with Gasteiger partial charge in [0.1, 0.15) is 23.9 Å². The number of benzene rings is 2. The fourth-order valence-corrected chi connectivity index (χ4v) is 3.38. The van der Waals surface area contributed by atoms with Gasteiger partial charge in [0.2, 0.25) is 5.91 Å². The van der Waals surface area contributed by atoms with Gasteiger partial charge in [-0.15, -0.1) is 0 Å². The van der Waals surface area contributed by atoms with Gasteiger partial charge in [-0.05, 0) is 44.3 Å². The predicted octanol–water partition coefficient (Wildman–Crippen LogP) is 4.30. The standard InChI is InChI=1S/C24H29FN4O3/c1-5-19(16-7-6-8-18(11-16)31-4)24(30)28-22-13-21(25)20(17-14-26-27-15-17)12-23(22)32-10-9-29(2)3/h6-8,11-15,19H,5,9-10H2,1-4H3,(H,26,27)(H,28,30)/t19-/m0/s1. The molecule has 0 fully saturated rings. The van der Waals surface area contributed by atoms with Crippen molar-refractivity contribution in [1.82, 2.24) is 15.1 Å². The molecule has 0 bridgehead atoms. The van der Waals surface area contributed by atoms with Gasteiger partial charge < -0.3 is 19.7 Å². The second-order valence-corrected chi connectivity index (χ2v) is 7.69. The summed E-state index contributed by atoms with van der Waals surface area (Å²) in [6.07, 6.45) is 3.72. The monoisotopic (exact) mass is 440 g/mol. The molecule has 1 amide bonds. The molecule has 2 aromatic carbocycles. The van der Waals surface area contributed by atoms with Crippen LogP contribution in [0.15, 0.2) is 48.8 Å². The van der Waals surface area contributed by atoms with Crippen molar-refractivity contribution in [1.29, 1.82) is 0 Å². The molecule has 8 heteroatoms. The number of hydrogen-bond donors (Lipinski definition) is 2. The van der Waals surface area contributed by atoms with E-state index in [-0.39, 0.29) is 5.91 Å². The number of halogens is 1. The van der Waals surface area contributed by atoms with Crippen molar-refractivity contribution in [2.45, 2.75) is 19.3 Å². The summed E-state index contributed by atoms with van der Waals surface area (Å²) in [5.74, 6) is -0.0589. The van der Waals surface area contributed by atoms with Gasteiger partial charge in [-0.1, -0.05) is 19.1 Å². The number of carbonyl (C=O) groups is 1. The number of hydrogen-bond acceptors (Lipinski definition) is 5. The summed E-state index contributed by atoms with van der Waals surface area (Å²) in [5.41, 5.74) is 2.06. The highest BCUT2D eigenvalue weighted by Gasteiger charge is 2.22. The van der Waals surface area contributed by atoms with Crippen LogP contribution in [0, 0.1) is 5.82 Å². The van der Waals surface area contributed by atoms with Crippen LogP contribution < -0.4 is 14.8 Å². The first-order valence-corrected chi connectivity index (χ1v) is 10.5. The maximum atomic E-state index is 14.9. The maximum absolute atomic E-state index is 14.9. The van der Waals surface area contributed by atoms with Crippen molar-refractivity contribution in [3.63, 3.8) is 0 Å². The summed E-state index contributed by atoms with van der Waals surface area (Å²) in [6.45, 7) is 2.99. The zero-order valence-electron chi connectivity index (χ0n) is 18.8. The van der Waals surface area contributed by atoms with Crippen LogP contribution in [0.4, 0.5) is 10.1 Å². The first-order chi connectivity index (χ1) is 15.4. The van der Waals surface area contributed by atoms with E-state index in [9.17, 15) is 9.18 Å². The molecule has 0 aliphatic heterocycles. The van der Waals surface area contributed by atoms with E-state index in [4.69, 9.17) is 9.47 Å². The number of likely N-dealkylation sites (N-methyl/N-ethyl adjacent to an activating group) is 1. The van der Waals surface area contributed by atoms with E-state index in [1.165, 1.54) is 12.3 Å². The van der Waals surface area contributed by atoms with Gasteiger partial charge in [0, 0.05) is 29.9 Å². The van der Waals surface area contributed by atoms with Gasteiger partial charge in [-0.3, -0.25) is 9.89 Å². The largest absolute Gasteiger partial charge is 0.497 e. The van der Waals surface area contributed by atoms with Crippen molar-refractivity contribution in [3.8, 4) is 22.6 Å². The van der Waals surface area contributed by atoms with Crippen LogP contribution in [0.3, 0.4) is 0 Å². The highest BCUT2D eigenvalue weighted by Crippen LogP contribution is 2.34. The summed E-state index contributed by atoms with van der Waals surface area (Å²) in [7, 11) is 5.46. The Kier molecular flexibility index (Phi) is 7.83. The lowest BCUT2D eigenvalue weighted by Crippen LogP contribution is -2.22. The van der Waals surface area contributed by atoms with Crippen molar-refractivity contribution in [2.75, 3.05) is 39.7 Å². The molecule has 1 aromatic heterocycles. The fourth-order valence-electron chi connectivity index (χ4n) is 3.38. The summed E-state index contributed by atoms with van der Waals surface area (Å²) < 4.78 is 26.1. The van der Waals surface area contributed by atoms with E-state index in [1.807, 2.05) is 50.2 Å². The third kappa shape index (κ3) is 5.64. The molecule has 2 N–H and O–H groups in total. The summed E-state index contributed by atoms with van der Waals surface area (Å²) in [6, 6.07) is 10.3. The van der Waals surface area contributed by atoms with Gasteiger partial charge in [0.25, 0.3) is 0 Å². The summed E-state index contributed by atoms with van der Waals surface area (Å²) in [5, 5.41) is 9.44. The van der Waals surface area contributed by atoms with Gasteiger partial charge in [0.05, 0.1) is 24.9 Å². The summed E-state index contributed by atoms with van der Waals surface area (Å²) >= 11 is 0. The third-order valence-electron chi connectivity index (χ3n) is 5.15. The minimum absolute atomic E-state index is 0.242. The van der Waals surface area contributed by atoms with Crippen LogP contribution in [-0.2, 0) is 4.79 Å². The number of methoxy groups -OCH3 is 1. The molecule has 0 spiro atoms. The Bertz CT molecular complexity index is 1040. The van der Waals surface area contributed by atoms with Crippen LogP contribution in [0.2, 0.25) is 0 Å². The van der Waals surface area contributed by atoms with E-state index in [1.54, 1.807) is 19.4 Å². The Hall–Kier alpha value is -3.39. The molecular formula is C24H29FN4O3. The molecule has 0 saturated carbocycles. The highest BCUT2D eigenvalue weighted by atomic mass is 19.1. The number of amides is 1. The molecule has 32 heavy (non-hydrogen) atoms. The number of carbonyl (C=O) groups excluding carboxylic acids is 1. The van der Waals surface area contributed by atoms with Gasteiger partial charge >= 0.3 is 0 Å². The first-order valence-electron chi connectivity index (χ1n) is 10.5. The Labute approximate surface area is 187 Å². The molecule has 1 heterocycles. The van der Waals surface area contributed by atoms with Crippen LogP contribution in [0.25, 0.3) is 11.1 Å². The third-order valence-corrected chi connectivity index (χ3v) is 5.15. The number of aromatic nitrogens is 2. The maximum Gasteiger partial charge on any atom is 0.232 e. The van der Waals surface area contributed by atoms with Gasteiger partial charge in [0.15, 0.2) is 0 Å². The Morgan fingerprint density at radius 1 is 1.28 bits per heavy atom. The quantitative estimate of drug-likeness (QED) is 0.492. The number of nitrogens with zero attached hydrogens (tertiary/aromatic N) is 2. The van der Waals surface area contributed by atoms with Crippen molar-refractivity contribution >= 4 is 11.6 Å². The molecule has 3 aromatic rings. The topological polar surface area (TPSA) is 79.5 Å². The predicted molar refractivity (Wildman–Crippen MR) is 123 cm³/mol. The molecule has 0 aliphatic carbocycles. The van der Waals surface area contributed by atoms with Gasteiger partial charge in [-0.2, -0.15) is 5.10 Å². The lowest BCUT2D eigenvalue weighted by atomic mass is 9.95. The van der Waals surface area contributed by atoms with Crippen LogP contribution in [-0.4, -0.2) is 55.4 Å². The Morgan fingerprint density at radius 2 is 2.09 bits per heavy atom. The van der Waals surface area contributed by atoms with E-state index >= 15 is 0 Å². The smallest absolute Gasteiger partial charge is 0.232 e. The molecule has 0 aliphatic rings. The average Bonchev–Trinajstić information content (AvgIpc) is 3.30. The second kappa shape index (κ2) is 10.8. The van der Waals surface area contributed by atoms with Crippen LogP contribution in [0.1, 0.15) is 24.8 Å². The summed E-state index contributed by atoms with van der Waals surface area (Å²) in [4.78, 5) is 15.1. The zero-order chi connectivity index (χ0) is 23.1. The highest BCUT2D eigenvalue weighted by molar-refractivity contribution is 5.97. The van der Waals surface area contributed by atoms with Crippen molar-refractivity contribution in [2.24, 2.45) is 0 Å². The van der Waals surface area contributed by atoms with Crippen molar-refractivity contribution < 1.29 is 18.7 Å². The number of ether oxygens (including phenoxy) is 2. The number of aromatic amines is 1. The second-order valence-electron chi connectivity index (χ2n) is 7.69. The number of rotatable bonds is 10.